The van der Waals surface area contributed by atoms with Gasteiger partial charge in [-0.2, -0.15) is 0 Å². The van der Waals surface area contributed by atoms with Crippen molar-refractivity contribution in [3.63, 3.8) is 0 Å². The first-order chi connectivity index (χ1) is 13.0. The first-order valence-electron chi connectivity index (χ1n) is 9.16. The molecule has 4 heteroatoms. The molecular weight excluding hydrogens is 352 g/mol. The Bertz CT molecular complexity index is 1180. The molecule has 0 aliphatic carbocycles. The fraction of sp³-hybridized carbons (Fsp3) is 0.217. The molecule has 0 fully saturated rings. The van der Waals surface area contributed by atoms with Gasteiger partial charge in [-0.3, -0.25) is 4.79 Å². The molecule has 27 heavy (non-hydrogen) atoms. The zero-order chi connectivity index (χ0) is 19.1. The maximum absolute atomic E-state index is 13.2. The van der Waals surface area contributed by atoms with E-state index >= 15 is 0 Å². The normalized spacial score (nSPS) is 11.3. The Morgan fingerprint density at radius 2 is 1.78 bits per heavy atom. The first kappa shape index (κ1) is 17.7. The summed E-state index contributed by atoms with van der Waals surface area (Å²) in [6, 6.07) is 16.5. The van der Waals surface area contributed by atoms with Crippen LogP contribution in [0.15, 0.2) is 48.5 Å². The Morgan fingerprint density at radius 1 is 0.963 bits per heavy atom. The number of anilines is 1. The largest absolute Gasteiger partial charge is 0.308 e. The number of aryl methyl sites for hydroxylation is 3. The van der Waals surface area contributed by atoms with Crippen molar-refractivity contribution in [2.75, 3.05) is 11.4 Å². The molecule has 2 heterocycles. The van der Waals surface area contributed by atoms with Crippen molar-refractivity contribution in [2.45, 2.75) is 27.7 Å². The number of rotatable bonds is 3. The van der Waals surface area contributed by atoms with Gasteiger partial charge in [0.05, 0.1) is 10.4 Å². The minimum Gasteiger partial charge on any atom is -0.308 e. The van der Waals surface area contributed by atoms with Gasteiger partial charge in [-0.05, 0) is 74.7 Å². The maximum atomic E-state index is 13.2. The van der Waals surface area contributed by atoms with E-state index in [0.717, 1.165) is 31.7 Å². The topological polar surface area (TPSA) is 33.2 Å². The van der Waals surface area contributed by atoms with E-state index in [1.807, 2.05) is 24.0 Å². The lowest BCUT2D eigenvalue weighted by molar-refractivity contribution is 0.0992. The van der Waals surface area contributed by atoms with Crippen molar-refractivity contribution in [3.05, 3.63) is 70.1 Å². The molecule has 0 bridgehead atoms. The lowest BCUT2D eigenvalue weighted by atomic mass is 10.1. The van der Waals surface area contributed by atoms with Gasteiger partial charge in [-0.25, -0.2) is 4.98 Å². The lowest BCUT2D eigenvalue weighted by Crippen LogP contribution is -2.30. The number of amides is 1. The Labute approximate surface area is 163 Å². The van der Waals surface area contributed by atoms with E-state index in [1.54, 1.807) is 0 Å². The van der Waals surface area contributed by atoms with Gasteiger partial charge in [0.1, 0.15) is 4.83 Å². The van der Waals surface area contributed by atoms with Crippen LogP contribution in [0.3, 0.4) is 0 Å². The van der Waals surface area contributed by atoms with Gasteiger partial charge < -0.3 is 4.90 Å². The third-order valence-electron chi connectivity index (χ3n) is 5.03. The minimum absolute atomic E-state index is 0.0315. The summed E-state index contributed by atoms with van der Waals surface area (Å²) in [7, 11) is 0. The van der Waals surface area contributed by atoms with E-state index in [2.05, 4.69) is 57.2 Å². The van der Waals surface area contributed by atoms with Gasteiger partial charge in [0.2, 0.25) is 0 Å². The summed E-state index contributed by atoms with van der Waals surface area (Å²) in [4.78, 5) is 21.4. The molecule has 4 rings (SSSR count). The molecule has 0 unspecified atom stereocenters. The summed E-state index contributed by atoms with van der Waals surface area (Å²) >= 11 is 1.47. The number of aromatic nitrogens is 1. The Kier molecular flexibility index (Phi) is 4.44. The molecule has 3 nitrogen and oxygen atoms in total. The van der Waals surface area contributed by atoms with E-state index in [-0.39, 0.29) is 5.91 Å². The summed E-state index contributed by atoms with van der Waals surface area (Å²) in [5.41, 5.74) is 5.53. The number of carbonyl (C=O) groups is 1. The average molecular weight is 375 g/mol. The van der Waals surface area contributed by atoms with Gasteiger partial charge in [0.15, 0.2) is 0 Å². The zero-order valence-electron chi connectivity index (χ0n) is 16.0. The van der Waals surface area contributed by atoms with E-state index in [0.29, 0.717) is 6.54 Å². The summed E-state index contributed by atoms with van der Waals surface area (Å²) < 4.78 is 0. The average Bonchev–Trinajstić information content (AvgIpc) is 3.06. The van der Waals surface area contributed by atoms with Gasteiger partial charge in [0.25, 0.3) is 5.91 Å². The molecule has 2 aromatic heterocycles. The fourth-order valence-corrected chi connectivity index (χ4v) is 4.28. The Hall–Kier alpha value is -2.72. The van der Waals surface area contributed by atoms with Crippen molar-refractivity contribution in [3.8, 4) is 0 Å². The predicted molar refractivity (Wildman–Crippen MR) is 115 cm³/mol. The molecule has 0 aliphatic heterocycles. The molecule has 0 saturated carbocycles. The first-order valence-corrected chi connectivity index (χ1v) is 9.98. The SMILES string of the molecule is CCN(C(=O)c1cc2cc3ccc(C)cc3nc2s1)c1ccc(C)c(C)c1. The Balaban J connectivity index is 1.76. The number of pyridine rings is 1. The van der Waals surface area contributed by atoms with Crippen LogP contribution in [-0.2, 0) is 0 Å². The standard InChI is InChI=1S/C23H22N2OS/c1-5-25(19-9-7-15(3)16(4)11-19)23(26)21-13-18-12-17-8-6-14(2)10-20(17)24-22(18)27-21/h6-13H,5H2,1-4H3. The summed E-state index contributed by atoms with van der Waals surface area (Å²) in [5, 5.41) is 2.13. The fourth-order valence-electron chi connectivity index (χ4n) is 3.31. The van der Waals surface area contributed by atoms with Crippen LogP contribution < -0.4 is 4.90 Å². The zero-order valence-corrected chi connectivity index (χ0v) is 16.9. The molecule has 1 amide bonds. The quantitative estimate of drug-likeness (QED) is 0.438. The number of thiophene rings is 1. The number of hydrogen-bond acceptors (Lipinski definition) is 3. The van der Waals surface area contributed by atoms with E-state index < -0.39 is 0 Å². The van der Waals surface area contributed by atoms with Crippen molar-refractivity contribution in [2.24, 2.45) is 0 Å². The second kappa shape index (κ2) is 6.78. The van der Waals surface area contributed by atoms with Gasteiger partial charge in [-0.15, -0.1) is 11.3 Å². The number of benzene rings is 2. The maximum Gasteiger partial charge on any atom is 0.268 e. The third kappa shape index (κ3) is 3.21. The number of fused-ring (bicyclic) bond motifs is 2. The van der Waals surface area contributed by atoms with Crippen LogP contribution in [0.5, 0.6) is 0 Å². The van der Waals surface area contributed by atoms with Crippen LogP contribution in [0.1, 0.15) is 33.3 Å². The van der Waals surface area contributed by atoms with Crippen LogP contribution in [0.25, 0.3) is 21.1 Å². The van der Waals surface area contributed by atoms with E-state index in [9.17, 15) is 4.79 Å². The third-order valence-corrected chi connectivity index (χ3v) is 6.07. The highest BCUT2D eigenvalue weighted by Crippen LogP contribution is 2.30. The second-order valence-electron chi connectivity index (χ2n) is 7.01. The smallest absolute Gasteiger partial charge is 0.268 e. The van der Waals surface area contributed by atoms with Gasteiger partial charge >= 0.3 is 0 Å². The number of carbonyl (C=O) groups excluding carboxylic acids is 1. The van der Waals surface area contributed by atoms with Crippen molar-refractivity contribution < 1.29 is 4.79 Å². The highest BCUT2D eigenvalue weighted by molar-refractivity contribution is 7.20. The molecular formula is C23H22N2OS. The lowest BCUT2D eigenvalue weighted by Gasteiger charge is -2.21. The molecule has 0 spiro atoms. The van der Waals surface area contributed by atoms with Gasteiger partial charge in [0, 0.05) is 23.0 Å². The molecule has 0 radical (unpaired) electrons. The second-order valence-corrected chi connectivity index (χ2v) is 8.04. The van der Waals surface area contributed by atoms with Crippen LogP contribution in [0, 0.1) is 20.8 Å². The van der Waals surface area contributed by atoms with Gasteiger partial charge in [-0.1, -0.05) is 18.2 Å². The van der Waals surface area contributed by atoms with Crippen LogP contribution in [-0.4, -0.2) is 17.4 Å². The monoisotopic (exact) mass is 374 g/mol. The summed E-state index contributed by atoms with van der Waals surface area (Å²) in [5.74, 6) is 0.0315. The summed E-state index contributed by atoms with van der Waals surface area (Å²) in [6.45, 7) is 8.87. The molecule has 136 valence electrons. The van der Waals surface area contributed by atoms with Crippen molar-refractivity contribution in [1.29, 1.82) is 0 Å². The molecule has 2 aromatic carbocycles. The highest BCUT2D eigenvalue weighted by Gasteiger charge is 2.19. The highest BCUT2D eigenvalue weighted by atomic mass is 32.1. The number of hydrogen-bond donors (Lipinski definition) is 0. The minimum atomic E-state index is 0.0315. The van der Waals surface area contributed by atoms with Crippen molar-refractivity contribution >= 4 is 44.1 Å². The molecule has 0 atom stereocenters. The summed E-state index contributed by atoms with van der Waals surface area (Å²) in [6.07, 6.45) is 0. The number of nitrogens with zero attached hydrogens (tertiary/aromatic N) is 2. The van der Waals surface area contributed by atoms with Crippen molar-refractivity contribution in [1.82, 2.24) is 4.98 Å². The predicted octanol–water partition coefficient (Wildman–Crippen LogP) is 6.04. The van der Waals surface area contributed by atoms with Crippen LogP contribution >= 0.6 is 11.3 Å². The van der Waals surface area contributed by atoms with Crippen LogP contribution in [0.2, 0.25) is 0 Å². The molecule has 0 N–H and O–H groups in total. The molecule has 0 saturated heterocycles. The molecule has 0 aliphatic rings. The van der Waals surface area contributed by atoms with Crippen LogP contribution in [0.4, 0.5) is 5.69 Å². The van der Waals surface area contributed by atoms with E-state index in [1.165, 1.54) is 28.0 Å². The molecule has 4 aromatic rings. The Morgan fingerprint density at radius 3 is 2.52 bits per heavy atom. The van der Waals surface area contributed by atoms with E-state index in [4.69, 9.17) is 4.98 Å².